The van der Waals surface area contributed by atoms with Crippen molar-refractivity contribution in [3.05, 3.63) is 29.6 Å². The fourth-order valence-electron chi connectivity index (χ4n) is 2.09. The van der Waals surface area contributed by atoms with Crippen LogP contribution in [0.5, 0.6) is 0 Å². The first-order chi connectivity index (χ1) is 8.45. The normalized spacial score (nSPS) is 16.8. The van der Waals surface area contributed by atoms with Crippen LogP contribution in [0.3, 0.4) is 0 Å². The van der Waals surface area contributed by atoms with Crippen LogP contribution in [0.1, 0.15) is 24.8 Å². The third kappa shape index (κ3) is 2.10. The van der Waals surface area contributed by atoms with Crippen LogP contribution in [0.15, 0.2) is 18.2 Å². The number of aryl methyl sites for hydroxylation is 1. The van der Waals surface area contributed by atoms with Crippen molar-refractivity contribution in [3.8, 4) is 0 Å². The second-order valence-corrected chi connectivity index (χ2v) is 5.16. The van der Waals surface area contributed by atoms with Crippen molar-refractivity contribution in [1.82, 2.24) is 0 Å². The monoisotopic (exact) mass is 266 g/mol. The molecule has 1 aromatic carbocycles. The molecule has 0 atom stereocenters. The zero-order chi connectivity index (χ0) is 13.3. The highest BCUT2D eigenvalue weighted by Gasteiger charge is 2.46. The van der Waals surface area contributed by atoms with Gasteiger partial charge in [0.05, 0.1) is 10.4 Å². The van der Waals surface area contributed by atoms with E-state index in [9.17, 15) is 9.18 Å². The summed E-state index contributed by atoms with van der Waals surface area (Å²) in [7, 11) is 0. The average molecular weight is 266 g/mol. The zero-order valence-corrected chi connectivity index (χ0v) is 10.9. The predicted octanol–water partition coefficient (Wildman–Crippen LogP) is 2.53. The van der Waals surface area contributed by atoms with E-state index >= 15 is 0 Å². The number of carbonyl (C=O) groups excluding carboxylic acids is 1. The van der Waals surface area contributed by atoms with Gasteiger partial charge in [-0.1, -0.05) is 18.6 Å². The van der Waals surface area contributed by atoms with E-state index in [0.717, 1.165) is 6.42 Å². The molecule has 1 amide bonds. The van der Waals surface area contributed by atoms with E-state index < -0.39 is 5.41 Å². The zero-order valence-electron chi connectivity index (χ0n) is 10.1. The minimum Gasteiger partial charge on any atom is -0.392 e. The highest BCUT2D eigenvalue weighted by atomic mass is 32.1. The Labute approximate surface area is 111 Å². The third-order valence-corrected chi connectivity index (χ3v) is 3.92. The van der Waals surface area contributed by atoms with Crippen LogP contribution in [0, 0.1) is 18.2 Å². The first-order valence-electron chi connectivity index (χ1n) is 5.83. The predicted molar refractivity (Wildman–Crippen MR) is 72.8 cm³/mol. The van der Waals surface area contributed by atoms with Gasteiger partial charge < -0.3 is 11.1 Å². The molecule has 0 bridgehead atoms. The van der Waals surface area contributed by atoms with E-state index in [1.807, 2.05) is 0 Å². The fourth-order valence-corrected chi connectivity index (χ4v) is 2.39. The van der Waals surface area contributed by atoms with Gasteiger partial charge in [0.2, 0.25) is 5.91 Å². The van der Waals surface area contributed by atoms with Gasteiger partial charge in [0.1, 0.15) is 5.82 Å². The molecular weight excluding hydrogens is 251 g/mol. The number of benzene rings is 1. The molecule has 3 N–H and O–H groups in total. The quantitative estimate of drug-likeness (QED) is 0.827. The van der Waals surface area contributed by atoms with Gasteiger partial charge in [-0.2, -0.15) is 0 Å². The molecule has 0 aliphatic heterocycles. The fraction of sp³-hybridized carbons (Fsp3) is 0.385. The van der Waals surface area contributed by atoms with Gasteiger partial charge in [-0.3, -0.25) is 4.79 Å². The first kappa shape index (κ1) is 13.0. The molecule has 0 aromatic heterocycles. The van der Waals surface area contributed by atoms with E-state index in [1.54, 1.807) is 13.0 Å². The highest BCUT2D eigenvalue weighted by molar-refractivity contribution is 7.80. The van der Waals surface area contributed by atoms with Crippen LogP contribution < -0.4 is 11.1 Å². The molecule has 1 aromatic rings. The summed E-state index contributed by atoms with van der Waals surface area (Å²) in [5.41, 5.74) is 6.00. The van der Waals surface area contributed by atoms with Gasteiger partial charge in [-0.15, -0.1) is 0 Å². The molecule has 2 rings (SSSR count). The molecule has 0 spiro atoms. The van der Waals surface area contributed by atoms with E-state index in [1.165, 1.54) is 12.1 Å². The number of hydrogen-bond donors (Lipinski definition) is 2. The maximum atomic E-state index is 13.1. The molecule has 0 saturated heterocycles. The first-order valence-corrected chi connectivity index (χ1v) is 6.24. The van der Waals surface area contributed by atoms with Crippen molar-refractivity contribution in [2.45, 2.75) is 26.2 Å². The minimum atomic E-state index is -0.711. The van der Waals surface area contributed by atoms with Gasteiger partial charge in [0, 0.05) is 5.69 Å². The number of nitrogens with one attached hydrogen (secondary N) is 1. The van der Waals surface area contributed by atoms with Crippen molar-refractivity contribution in [1.29, 1.82) is 0 Å². The molecule has 18 heavy (non-hydrogen) atoms. The number of rotatable bonds is 3. The number of thiocarbonyl (C=S) groups is 1. The third-order valence-electron chi connectivity index (χ3n) is 3.53. The Kier molecular flexibility index (Phi) is 3.34. The average Bonchev–Trinajstić information content (AvgIpc) is 2.21. The van der Waals surface area contributed by atoms with Crippen LogP contribution in [0.4, 0.5) is 10.1 Å². The summed E-state index contributed by atoms with van der Waals surface area (Å²) < 4.78 is 13.1. The Bertz CT molecular complexity index is 512. The lowest BCUT2D eigenvalue weighted by Crippen LogP contribution is -2.50. The molecule has 3 nitrogen and oxygen atoms in total. The summed E-state index contributed by atoms with van der Waals surface area (Å²) in [4.78, 5) is 12.4. The number of carbonyl (C=O) groups is 1. The topological polar surface area (TPSA) is 55.1 Å². The van der Waals surface area contributed by atoms with E-state index in [4.69, 9.17) is 18.0 Å². The van der Waals surface area contributed by atoms with Gasteiger partial charge in [-0.05, 0) is 43.5 Å². The summed E-state index contributed by atoms with van der Waals surface area (Å²) in [5.74, 6) is -0.479. The molecule has 1 aliphatic carbocycles. The SMILES string of the molecule is Cc1cc(NC(=O)C2(C(N)=S)CCC2)ccc1F. The van der Waals surface area contributed by atoms with Crippen LogP contribution in [-0.4, -0.2) is 10.9 Å². The molecule has 0 heterocycles. The highest BCUT2D eigenvalue weighted by Crippen LogP contribution is 2.42. The lowest BCUT2D eigenvalue weighted by molar-refractivity contribution is -0.125. The van der Waals surface area contributed by atoms with E-state index in [0.29, 0.717) is 24.1 Å². The van der Waals surface area contributed by atoms with Crippen molar-refractivity contribution in [2.24, 2.45) is 11.1 Å². The van der Waals surface area contributed by atoms with Gasteiger partial charge in [0.15, 0.2) is 0 Å². The standard InChI is InChI=1S/C13H15FN2OS/c1-8-7-9(3-4-10(8)14)16-12(17)13(11(15)18)5-2-6-13/h3-4,7H,2,5-6H2,1H3,(H2,15,18)(H,16,17). The summed E-state index contributed by atoms with van der Waals surface area (Å²) in [6.45, 7) is 1.65. The molecular formula is C13H15FN2OS. The molecule has 5 heteroatoms. The number of halogens is 1. The summed E-state index contributed by atoms with van der Waals surface area (Å²) in [6.07, 6.45) is 2.33. The van der Waals surface area contributed by atoms with Crippen LogP contribution in [-0.2, 0) is 4.79 Å². The van der Waals surface area contributed by atoms with Gasteiger partial charge in [-0.25, -0.2) is 4.39 Å². The maximum absolute atomic E-state index is 13.1. The second kappa shape index (κ2) is 4.65. The summed E-state index contributed by atoms with van der Waals surface area (Å²) in [5, 5.41) is 2.76. The minimum absolute atomic E-state index is 0.188. The number of amides is 1. The maximum Gasteiger partial charge on any atom is 0.237 e. The Hall–Kier alpha value is -1.49. The lowest BCUT2D eigenvalue weighted by Gasteiger charge is -2.39. The number of hydrogen-bond acceptors (Lipinski definition) is 2. The van der Waals surface area contributed by atoms with Crippen molar-refractivity contribution < 1.29 is 9.18 Å². The van der Waals surface area contributed by atoms with Crippen LogP contribution in [0.2, 0.25) is 0 Å². The molecule has 1 aliphatic rings. The van der Waals surface area contributed by atoms with Crippen molar-refractivity contribution in [3.63, 3.8) is 0 Å². The molecule has 0 unspecified atom stereocenters. The summed E-state index contributed by atoms with van der Waals surface area (Å²) in [6, 6.07) is 4.46. The van der Waals surface area contributed by atoms with E-state index in [2.05, 4.69) is 5.32 Å². The van der Waals surface area contributed by atoms with Gasteiger partial charge >= 0.3 is 0 Å². The second-order valence-electron chi connectivity index (χ2n) is 4.72. The van der Waals surface area contributed by atoms with Gasteiger partial charge in [0.25, 0.3) is 0 Å². The Morgan fingerprint density at radius 1 is 1.50 bits per heavy atom. The molecule has 1 fully saturated rings. The largest absolute Gasteiger partial charge is 0.392 e. The van der Waals surface area contributed by atoms with Crippen LogP contribution >= 0.6 is 12.2 Å². The van der Waals surface area contributed by atoms with E-state index in [-0.39, 0.29) is 16.7 Å². The summed E-state index contributed by atoms with van der Waals surface area (Å²) >= 11 is 4.98. The Morgan fingerprint density at radius 3 is 2.61 bits per heavy atom. The molecule has 96 valence electrons. The van der Waals surface area contributed by atoms with Crippen molar-refractivity contribution >= 4 is 28.8 Å². The molecule has 0 radical (unpaired) electrons. The van der Waals surface area contributed by atoms with Crippen LogP contribution in [0.25, 0.3) is 0 Å². The lowest BCUT2D eigenvalue weighted by atomic mass is 9.68. The molecule has 1 saturated carbocycles. The number of anilines is 1. The number of nitrogens with two attached hydrogens (primary N) is 1. The Balaban J connectivity index is 2.16. The smallest absolute Gasteiger partial charge is 0.237 e. The van der Waals surface area contributed by atoms with Crippen molar-refractivity contribution in [2.75, 3.05) is 5.32 Å². The Morgan fingerprint density at radius 2 is 2.17 bits per heavy atom.